The normalized spacial score (nSPS) is 17.4. The van der Waals surface area contributed by atoms with E-state index in [0.29, 0.717) is 24.3 Å². The molecule has 2 rings (SSSR count). The van der Waals surface area contributed by atoms with Crippen LogP contribution in [0, 0.1) is 6.92 Å². The molecule has 1 aliphatic rings. The Bertz CT molecular complexity index is 460. The number of benzene rings is 1. The van der Waals surface area contributed by atoms with Crippen LogP contribution < -0.4 is 4.90 Å². The van der Waals surface area contributed by atoms with Crippen molar-refractivity contribution in [1.82, 2.24) is 0 Å². The molecule has 5 heteroatoms. The van der Waals surface area contributed by atoms with Crippen LogP contribution in [0.1, 0.15) is 15.9 Å². The molecule has 0 atom stereocenters. The summed E-state index contributed by atoms with van der Waals surface area (Å²) in [5.41, 5.74) is 1.82. The predicted molar refractivity (Wildman–Crippen MR) is 67.1 cm³/mol. The summed E-state index contributed by atoms with van der Waals surface area (Å²) in [6, 6.07) is 5.47. The lowest BCUT2D eigenvalue weighted by atomic mass is 10.0. The number of carboxylic acid groups (broad SMARTS) is 1. The van der Waals surface area contributed by atoms with Crippen LogP contribution in [0.3, 0.4) is 0 Å². The molecular weight excluding hydrogens is 234 g/mol. The van der Waals surface area contributed by atoms with E-state index in [-0.39, 0.29) is 0 Å². The summed E-state index contributed by atoms with van der Waals surface area (Å²) in [6.07, 6.45) is 0. The molecule has 1 saturated heterocycles. The number of anilines is 1. The van der Waals surface area contributed by atoms with Crippen molar-refractivity contribution in [1.29, 1.82) is 0 Å². The number of ether oxygens (including phenoxy) is 2. The Morgan fingerprint density at radius 2 is 1.94 bits per heavy atom. The third-order valence-electron chi connectivity index (χ3n) is 3.41. The average molecular weight is 251 g/mol. The molecule has 0 unspecified atom stereocenters. The molecule has 18 heavy (non-hydrogen) atoms. The van der Waals surface area contributed by atoms with E-state index in [2.05, 4.69) is 0 Å². The summed E-state index contributed by atoms with van der Waals surface area (Å²) in [5, 5.41) is 9.27. The summed E-state index contributed by atoms with van der Waals surface area (Å²) in [5.74, 6) is -1.52. The third-order valence-corrected chi connectivity index (χ3v) is 3.41. The van der Waals surface area contributed by atoms with E-state index in [0.717, 1.165) is 5.56 Å². The Morgan fingerprint density at radius 1 is 1.33 bits per heavy atom. The minimum absolute atomic E-state index is 0.346. The van der Waals surface area contributed by atoms with Gasteiger partial charge < -0.3 is 19.5 Å². The van der Waals surface area contributed by atoms with Gasteiger partial charge in [-0.3, -0.25) is 0 Å². The van der Waals surface area contributed by atoms with Gasteiger partial charge in [-0.1, -0.05) is 12.1 Å². The predicted octanol–water partition coefficient (Wildman–Crippen LogP) is 1.50. The largest absolute Gasteiger partial charge is 0.478 e. The number of aromatic carboxylic acids is 1. The Morgan fingerprint density at radius 3 is 2.44 bits per heavy atom. The molecule has 1 aromatic rings. The fraction of sp³-hybridized carbons (Fsp3) is 0.462. The van der Waals surface area contributed by atoms with Crippen molar-refractivity contribution in [2.75, 3.05) is 32.2 Å². The van der Waals surface area contributed by atoms with E-state index in [1.54, 1.807) is 27.2 Å². The highest BCUT2D eigenvalue weighted by Crippen LogP contribution is 2.33. The first-order valence-corrected chi connectivity index (χ1v) is 5.71. The summed E-state index contributed by atoms with van der Waals surface area (Å²) >= 11 is 0. The molecule has 0 aliphatic carbocycles. The second kappa shape index (κ2) is 4.59. The number of nitrogens with zero attached hydrogens (tertiary/aromatic N) is 1. The van der Waals surface area contributed by atoms with Gasteiger partial charge in [0.1, 0.15) is 0 Å². The van der Waals surface area contributed by atoms with Crippen LogP contribution in [0.25, 0.3) is 0 Å². The number of carbonyl (C=O) groups is 1. The van der Waals surface area contributed by atoms with E-state index in [1.807, 2.05) is 17.0 Å². The summed E-state index contributed by atoms with van der Waals surface area (Å²) in [4.78, 5) is 13.2. The van der Waals surface area contributed by atoms with E-state index in [1.165, 1.54) is 0 Å². The van der Waals surface area contributed by atoms with Crippen molar-refractivity contribution in [2.45, 2.75) is 12.7 Å². The van der Waals surface area contributed by atoms with Crippen LogP contribution in [-0.2, 0) is 9.47 Å². The zero-order valence-corrected chi connectivity index (χ0v) is 10.8. The summed E-state index contributed by atoms with van der Waals surface area (Å²) in [6.45, 7) is 2.86. The van der Waals surface area contributed by atoms with Crippen LogP contribution in [0.4, 0.5) is 5.69 Å². The first-order valence-electron chi connectivity index (χ1n) is 5.71. The zero-order valence-electron chi connectivity index (χ0n) is 10.8. The minimum Gasteiger partial charge on any atom is -0.478 e. The highest BCUT2D eigenvalue weighted by molar-refractivity contribution is 5.96. The van der Waals surface area contributed by atoms with Crippen molar-refractivity contribution in [2.24, 2.45) is 0 Å². The molecule has 0 aromatic heterocycles. The molecule has 0 spiro atoms. The van der Waals surface area contributed by atoms with Gasteiger partial charge in [0, 0.05) is 14.2 Å². The summed E-state index contributed by atoms with van der Waals surface area (Å²) < 4.78 is 10.6. The van der Waals surface area contributed by atoms with Gasteiger partial charge in [-0.05, 0) is 18.6 Å². The molecule has 98 valence electrons. The van der Waals surface area contributed by atoms with Gasteiger partial charge in [-0.15, -0.1) is 0 Å². The van der Waals surface area contributed by atoms with Gasteiger partial charge in [0.15, 0.2) is 0 Å². The Hall–Kier alpha value is -1.59. The molecule has 5 nitrogen and oxygen atoms in total. The number of hydrogen-bond donors (Lipinski definition) is 1. The fourth-order valence-electron chi connectivity index (χ4n) is 2.24. The summed E-state index contributed by atoms with van der Waals surface area (Å²) in [7, 11) is 3.18. The van der Waals surface area contributed by atoms with Crippen LogP contribution >= 0.6 is 0 Å². The minimum atomic E-state index is -0.907. The topological polar surface area (TPSA) is 59.0 Å². The van der Waals surface area contributed by atoms with Crippen LogP contribution in [-0.4, -0.2) is 44.2 Å². The monoisotopic (exact) mass is 251 g/mol. The van der Waals surface area contributed by atoms with Gasteiger partial charge in [0.05, 0.1) is 24.3 Å². The van der Waals surface area contributed by atoms with Crippen molar-refractivity contribution < 1.29 is 19.4 Å². The number of carboxylic acids is 1. The maximum atomic E-state index is 11.3. The molecular formula is C13H17NO4. The van der Waals surface area contributed by atoms with Crippen LogP contribution in [0.2, 0.25) is 0 Å². The molecule has 1 heterocycles. The Balaban J connectivity index is 2.27. The van der Waals surface area contributed by atoms with Gasteiger partial charge in [-0.2, -0.15) is 0 Å². The van der Waals surface area contributed by atoms with Gasteiger partial charge in [-0.25, -0.2) is 4.79 Å². The highest BCUT2D eigenvalue weighted by Gasteiger charge is 2.44. The fourth-order valence-corrected chi connectivity index (χ4v) is 2.24. The number of rotatable bonds is 4. The van der Waals surface area contributed by atoms with E-state index >= 15 is 0 Å². The van der Waals surface area contributed by atoms with E-state index < -0.39 is 11.8 Å². The van der Waals surface area contributed by atoms with Gasteiger partial charge in [0.2, 0.25) is 5.79 Å². The van der Waals surface area contributed by atoms with Crippen molar-refractivity contribution >= 4 is 11.7 Å². The smallest absolute Gasteiger partial charge is 0.338 e. The highest BCUT2D eigenvalue weighted by atomic mass is 16.7. The average Bonchev–Trinajstić information content (AvgIpc) is 2.28. The first-order chi connectivity index (χ1) is 8.53. The lowest BCUT2D eigenvalue weighted by Crippen LogP contribution is -2.64. The van der Waals surface area contributed by atoms with E-state index in [4.69, 9.17) is 9.47 Å². The maximum absolute atomic E-state index is 11.3. The quantitative estimate of drug-likeness (QED) is 0.822. The van der Waals surface area contributed by atoms with Crippen molar-refractivity contribution in [3.63, 3.8) is 0 Å². The van der Waals surface area contributed by atoms with Gasteiger partial charge in [0.25, 0.3) is 0 Å². The lowest BCUT2D eigenvalue weighted by Gasteiger charge is -2.49. The van der Waals surface area contributed by atoms with Crippen LogP contribution in [0.15, 0.2) is 18.2 Å². The molecule has 1 N–H and O–H groups in total. The molecule has 0 bridgehead atoms. The number of hydrogen-bond acceptors (Lipinski definition) is 4. The molecule has 1 aliphatic heterocycles. The van der Waals surface area contributed by atoms with Gasteiger partial charge >= 0.3 is 5.97 Å². The molecule has 1 aromatic carbocycles. The molecule has 0 saturated carbocycles. The molecule has 0 amide bonds. The molecule has 1 fully saturated rings. The Labute approximate surface area is 106 Å². The molecule has 0 radical (unpaired) electrons. The number of aryl methyl sites for hydroxylation is 1. The van der Waals surface area contributed by atoms with Crippen molar-refractivity contribution in [3.05, 3.63) is 29.3 Å². The number of methoxy groups -OCH3 is 2. The Kier molecular flexibility index (Phi) is 3.28. The van der Waals surface area contributed by atoms with Crippen molar-refractivity contribution in [3.8, 4) is 0 Å². The third kappa shape index (κ3) is 1.95. The van der Waals surface area contributed by atoms with E-state index in [9.17, 15) is 9.90 Å². The van der Waals surface area contributed by atoms with Crippen LogP contribution in [0.5, 0.6) is 0 Å². The standard InChI is InChI=1S/C13H17NO4/c1-9-5-4-6-10(11(9)12(15)16)14-7-13(8-14,17-2)18-3/h4-6H,7-8H2,1-3H3,(H,15,16). The SMILES string of the molecule is COC1(OC)CN(c2cccc(C)c2C(=O)O)C1. The second-order valence-corrected chi connectivity index (χ2v) is 4.45. The second-order valence-electron chi connectivity index (χ2n) is 4.45. The first kappa shape index (κ1) is 12.9. The lowest BCUT2D eigenvalue weighted by molar-refractivity contribution is -0.219. The maximum Gasteiger partial charge on any atom is 0.338 e. The zero-order chi connectivity index (χ0) is 13.3.